The van der Waals surface area contributed by atoms with Gasteiger partial charge in [-0.05, 0) is 59.6 Å². The first kappa shape index (κ1) is 38.4. The van der Waals surface area contributed by atoms with E-state index >= 15 is 0 Å². The standard InChI is InChI=1S/3C8H10.C7H8.3C2H6/c1-7-3-5-8(2)6-4-7;1-7-4-3-5-8(2)6-7;1-7-5-3-4-6-8(7)2;1-7-5-3-2-4-6-7;3*1-2/h3*3-6H,1-2H3;2-6H,1H3;3*1-2H3. The third-order valence-corrected chi connectivity index (χ3v) is 4.76. The van der Waals surface area contributed by atoms with Crippen molar-refractivity contribution >= 4 is 0 Å². The molecule has 0 aliphatic carbocycles. The minimum absolute atomic E-state index is 1.32. The van der Waals surface area contributed by atoms with Gasteiger partial charge < -0.3 is 0 Å². The van der Waals surface area contributed by atoms with Crippen LogP contribution in [-0.2, 0) is 0 Å². The maximum Gasteiger partial charge on any atom is -0.0395 e. The van der Waals surface area contributed by atoms with Gasteiger partial charge >= 0.3 is 0 Å². The first-order valence-electron chi connectivity index (χ1n) is 13.9. The Labute approximate surface area is 231 Å². The summed E-state index contributed by atoms with van der Waals surface area (Å²) in [6.45, 7) is 26.7. The minimum Gasteiger partial charge on any atom is -0.0683 e. The second kappa shape index (κ2) is 27.5. The molecule has 4 aromatic rings. The lowest BCUT2D eigenvalue weighted by molar-refractivity contribution is 1.34. The van der Waals surface area contributed by atoms with Crippen molar-refractivity contribution in [2.24, 2.45) is 0 Å². The van der Waals surface area contributed by atoms with E-state index in [1.807, 2.05) is 59.7 Å². The molecular formula is C37H56. The molecule has 0 saturated carbocycles. The summed E-state index contributed by atoms with van der Waals surface area (Å²) in [5, 5.41) is 0. The molecule has 37 heavy (non-hydrogen) atoms. The molecular weight excluding hydrogens is 444 g/mol. The molecule has 0 heteroatoms. The maximum absolute atomic E-state index is 2.17. The Hall–Kier alpha value is -3.12. The summed E-state index contributed by atoms with van der Waals surface area (Å²) in [5.74, 6) is 0. The largest absolute Gasteiger partial charge is 0.0683 e. The highest BCUT2D eigenvalue weighted by Gasteiger charge is 1.84. The number of hydrogen-bond acceptors (Lipinski definition) is 0. The van der Waals surface area contributed by atoms with Crippen LogP contribution < -0.4 is 0 Å². The quantitative estimate of drug-likeness (QED) is 0.225. The third-order valence-electron chi connectivity index (χ3n) is 4.76. The predicted octanol–water partition coefficient (Wildman–Crippen LogP) is 12.0. The highest BCUT2D eigenvalue weighted by molar-refractivity contribution is 5.23. The number of rotatable bonds is 0. The van der Waals surface area contributed by atoms with Gasteiger partial charge in [-0.1, -0.05) is 172 Å². The van der Waals surface area contributed by atoms with Crippen molar-refractivity contribution in [1.82, 2.24) is 0 Å². The lowest BCUT2D eigenvalue weighted by Gasteiger charge is -1.93. The molecule has 0 amide bonds. The van der Waals surface area contributed by atoms with Crippen LogP contribution in [0.2, 0.25) is 0 Å². The van der Waals surface area contributed by atoms with E-state index in [1.165, 1.54) is 38.9 Å². The molecule has 0 spiro atoms. The van der Waals surface area contributed by atoms with Crippen LogP contribution >= 0.6 is 0 Å². The van der Waals surface area contributed by atoms with Crippen molar-refractivity contribution in [3.8, 4) is 0 Å². The van der Waals surface area contributed by atoms with E-state index in [-0.39, 0.29) is 0 Å². The normalized spacial score (nSPS) is 8.14. The fourth-order valence-corrected chi connectivity index (χ4v) is 2.64. The number of aryl methyl sites for hydroxylation is 7. The molecule has 0 heterocycles. The molecule has 0 unspecified atom stereocenters. The zero-order chi connectivity index (χ0) is 29.1. The summed E-state index contributed by atoms with van der Waals surface area (Å²) in [6.07, 6.45) is 0. The maximum atomic E-state index is 2.17. The first-order valence-corrected chi connectivity index (χ1v) is 13.9. The van der Waals surface area contributed by atoms with Gasteiger partial charge in [0.05, 0.1) is 0 Å². The molecule has 4 rings (SSSR count). The van der Waals surface area contributed by atoms with Gasteiger partial charge in [0.1, 0.15) is 0 Å². The smallest absolute Gasteiger partial charge is 0.0395 e. The molecule has 0 fully saturated rings. The second-order valence-corrected chi connectivity index (χ2v) is 8.05. The molecule has 4 aromatic carbocycles. The summed E-state index contributed by atoms with van der Waals surface area (Å²) in [5.41, 5.74) is 9.39. The van der Waals surface area contributed by atoms with Crippen molar-refractivity contribution in [3.63, 3.8) is 0 Å². The first-order chi connectivity index (χ1) is 17.8. The summed E-state index contributed by atoms with van der Waals surface area (Å²) in [4.78, 5) is 0. The topological polar surface area (TPSA) is 0 Å². The van der Waals surface area contributed by atoms with Gasteiger partial charge in [-0.3, -0.25) is 0 Å². The van der Waals surface area contributed by atoms with E-state index in [0.29, 0.717) is 0 Å². The van der Waals surface area contributed by atoms with Crippen LogP contribution in [0.5, 0.6) is 0 Å². The van der Waals surface area contributed by atoms with Crippen LogP contribution in [0.15, 0.2) is 103 Å². The fourth-order valence-electron chi connectivity index (χ4n) is 2.64. The molecule has 0 nitrogen and oxygen atoms in total. The Morgan fingerprint density at radius 2 is 0.541 bits per heavy atom. The zero-order valence-corrected chi connectivity index (χ0v) is 26.3. The van der Waals surface area contributed by atoms with E-state index in [0.717, 1.165) is 0 Å². The number of benzene rings is 4. The van der Waals surface area contributed by atoms with Crippen LogP contribution in [0, 0.1) is 48.5 Å². The van der Waals surface area contributed by atoms with Crippen LogP contribution in [0.25, 0.3) is 0 Å². The molecule has 0 aliphatic rings. The molecule has 204 valence electrons. The average Bonchev–Trinajstić information content (AvgIpc) is 2.92. The van der Waals surface area contributed by atoms with E-state index in [1.54, 1.807) is 0 Å². The van der Waals surface area contributed by atoms with E-state index in [2.05, 4.69) is 133 Å². The van der Waals surface area contributed by atoms with Gasteiger partial charge in [-0.15, -0.1) is 0 Å². The summed E-state index contributed by atoms with van der Waals surface area (Å²) < 4.78 is 0. The van der Waals surface area contributed by atoms with Crippen LogP contribution in [-0.4, -0.2) is 0 Å². The molecule has 0 bridgehead atoms. The highest BCUT2D eigenvalue weighted by atomic mass is 13.9. The monoisotopic (exact) mass is 500 g/mol. The molecule has 0 radical (unpaired) electrons. The minimum atomic E-state index is 1.32. The van der Waals surface area contributed by atoms with Gasteiger partial charge in [0.15, 0.2) is 0 Å². The van der Waals surface area contributed by atoms with Gasteiger partial charge in [0.25, 0.3) is 0 Å². The van der Waals surface area contributed by atoms with Crippen molar-refractivity contribution < 1.29 is 0 Å². The third kappa shape index (κ3) is 24.4. The fraction of sp³-hybridized carbons (Fsp3) is 0.351. The van der Waals surface area contributed by atoms with E-state index < -0.39 is 0 Å². The summed E-state index contributed by atoms with van der Waals surface area (Å²) >= 11 is 0. The molecule has 0 aromatic heterocycles. The summed E-state index contributed by atoms with van der Waals surface area (Å²) in [6, 6.07) is 35.5. The van der Waals surface area contributed by atoms with Gasteiger partial charge in [0.2, 0.25) is 0 Å². The zero-order valence-electron chi connectivity index (χ0n) is 26.3. The van der Waals surface area contributed by atoms with Crippen molar-refractivity contribution in [1.29, 1.82) is 0 Å². The Morgan fingerprint density at radius 3 is 0.757 bits per heavy atom. The lowest BCUT2D eigenvalue weighted by atomic mass is 10.1. The predicted molar refractivity (Wildman–Crippen MR) is 173 cm³/mol. The molecule has 0 N–H and O–H groups in total. The van der Waals surface area contributed by atoms with Crippen molar-refractivity contribution in [2.75, 3.05) is 0 Å². The Morgan fingerprint density at radius 1 is 0.270 bits per heavy atom. The van der Waals surface area contributed by atoms with Crippen molar-refractivity contribution in [2.45, 2.75) is 90.0 Å². The SMILES string of the molecule is CC.CC.CC.Cc1ccc(C)cc1.Cc1cccc(C)c1.Cc1ccccc1.Cc1ccccc1C. The van der Waals surface area contributed by atoms with Crippen molar-refractivity contribution in [3.05, 3.63) is 142 Å². The van der Waals surface area contributed by atoms with Gasteiger partial charge in [-0.2, -0.15) is 0 Å². The Balaban J connectivity index is -0.000000390. The van der Waals surface area contributed by atoms with Crippen LogP contribution in [0.4, 0.5) is 0 Å². The Bertz CT molecular complexity index is 920. The Kier molecular flexibility index (Phi) is 28.5. The highest BCUT2D eigenvalue weighted by Crippen LogP contribution is 2.03. The second-order valence-electron chi connectivity index (χ2n) is 8.05. The average molecular weight is 501 g/mol. The lowest BCUT2D eigenvalue weighted by Crippen LogP contribution is -1.74. The molecule has 0 aliphatic heterocycles. The molecule has 0 saturated heterocycles. The molecule has 0 atom stereocenters. The van der Waals surface area contributed by atoms with E-state index in [4.69, 9.17) is 0 Å². The van der Waals surface area contributed by atoms with E-state index in [9.17, 15) is 0 Å². The van der Waals surface area contributed by atoms with Gasteiger partial charge in [-0.25, -0.2) is 0 Å². The summed E-state index contributed by atoms with van der Waals surface area (Å²) in [7, 11) is 0. The van der Waals surface area contributed by atoms with Gasteiger partial charge in [0, 0.05) is 0 Å². The van der Waals surface area contributed by atoms with Crippen LogP contribution in [0.3, 0.4) is 0 Å². The van der Waals surface area contributed by atoms with Crippen LogP contribution in [0.1, 0.15) is 80.5 Å². The number of hydrogen-bond donors (Lipinski definition) is 0.